The molecule has 1 aromatic rings. The second-order valence-corrected chi connectivity index (χ2v) is 3.37. The van der Waals surface area contributed by atoms with Crippen molar-refractivity contribution in [3.8, 4) is 0 Å². The number of hydrogen-bond acceptors (Lipinski definition) is 3. The third-order valence-corrected chi connectivity index (χ3v) is 1.98. The van der Waals surface area contributed by atoms with Gasteiger partial charge in [0.1, 0.15) is 5.69 Å². The monoisotopic (exact) mass is 181 g/mol. The van der Waals surface area contributed by atoms with E-state index in [4.69, 9.17) is 5.73 Å². The smallest absolute Gasteiger partial charge is 0.196 e. The van der Waals surface area contributed by atoms with Gasteiger partial charge in [0, 0.05) is 7.05 Å². The lowest BCUT2D eigenvalue weighted by atomic mass is 10.1. The molecule has 4 nitrogen and oxygen atoms in total. The SMILES string of the molecule is CC(C)c1c(C(=O)CN)ncn1C. The van der Waals surface area contributed by atoms with Crippen molar-refractivity contribution in [3.63, 3.8) is 0 Å². The van der Waals surface area contributed by atoms with Crippen LogP contribution >= 0.6 is 0 Å². The predicted octanol–water partition coefficient (Wildman–Crippen LogP) is 0.685. The molecule has 0 aliphatic heterocycles. The van der Waals surface area contributed by atoms with Crippen molar-refractivity contribution >= 4 is 5.78 Å². The molecule has 0 bridgehead atoms. The molecule has 0 aliphatic carbocycles. The van der Waals surface area contributed by atoms with Crippen LogP contribution in [0.5, 0.6) is 0 Å². The minimum atomic E-state index is -0.0932. The lowest BCUT2D eigenvalue weighted by Crippen LogP contribution is -2.16. The standard InChI is InChI=1S/C9H15N3O/c1-6(2)9-8(7(13)4-10)11-5-12(9)3/h5-6H,4,10H2,1-3H3. The third-order valence-electron chi connectivity index (χ3n) is 1.98. The van der Waals surface area contributed by atoms with Crippen molar-refractivity contribution in [1.82, 2.24) is 9.55 Å². The summed E-state index contributed by atoms with van der Waals surface area (Å²) in [5.41, 5.74) is 6.75. The van der Waals surface area contributed by atoms with E-state index < -0.39 is 0 Å². The molecule has 0 atom stereocenters. The highest BCUT2D eigenvalue weighted by molar-refractivity contribution is 5.96. The van der Waals surface area contributed by atoms with Crippen LogP contribution in [-0.4, -0.2) is 21.9 Å². The molecule has 4 heteroatoms. The van der Waals surface area contributed by atoms with Gasteiger partial charge in [0.15, 0.2) is 5.78 Å². The molecule has 2 N–H and O–H groups in total. The molecule has 1 aromatic heterocycles. The van der Waals surface area contributed by atoms with Gasteiger partial charge in [-0.25, -0.2) is 4.98 Å². The maximum Gasteiger partial charge on any atom is 0.196 e. The average Bonchev–Trinajstić information content (AvgIpc) is 2.45. The summed E-state index contributed by atoms with van der Waals surface area (Å²) < 4.78 is 1.87. The lowest BCUT2D eigenvalue weighted by Gasteiger charge is -2.07. The maximum absolute atomic E-state index is 11.4. The Kier molecular flexibility index (Phi) is 2.83. The van der Waals surface area contributed by atoms with E-state index >= 15 is 0 Å². The van der Waals surface area contributed by atoms with Gasteiger partial charge in [0.25, 0.3) is 0 Å². The lowest BCUT2D eigenvalue weighted by molar-refractivity contribution is 0.0995. The van der Waals surface area contributed by atoms with Crippen LogP contribution in [0.15, 0.2) is 6.33 Å². The van der Waals surface area contributed by atoms with Gasteiger partial charge in [-0.15, -0.1) is 0 Å². The number of nitrogens with zero attached hydrogens (tertiary/aromatic N) is 2. The molecule has 1 rings (SSSR count). The first-order valence-electron chi connectivity index (χ1n) is 4.32. The fraction of sp³-hybridized carbons (Fsp3) is 0.556. The minimum Gasteiger partial charge on any atom is -0.337 e. The Labute approximate surface area is 77.8 Å². The van der Waals surface area contributed by atoms with E-state index in [1.165, 1.54) is 0 Å². The van der Waals surface area contributed by atoms with Crippen LogP contribution < -0.4 is 5.73 Å². The Morgan fingerprint density at radius 1 is 1.69 bits per heavy atom. The molecule has 0 spiro atoms. The molecule has 0 radical (unpaired) electrons. The van der Waals surface area contributed by atoms with Crippen molar-refractivity contribution < 1.29 is 4.79 Å². The van der Waals surface area contributed by atoms with Crippen LogP contribution in [0, 0.1) is 0 Å². The molecular weight excluding hydrogens is 166 g/mol. The van der Waals surface area contributed by atoms with E-state index in [0.717, 1.165) is 5.69 Å². The van der Waals surface area contributed by atoms with Gasteiger partial charge in [0.2, 0.25) is 0 Å². The largest absolute Gasteiger partial charge is 0.337 e. The summed E-state index contributed by atoms with van der Waals surface area (Å²) in [6.45, 7) is 4.09. The molecule has 0 saturated carbocycles. The molecule has 0 aromatic carbocycles. The van der Waals surface area contributed by atoms with Gasteiger partial charge >= 0.3 is 0 Å². The van der Waals surface area contributed by atoms with Gasteiger partial charge in [-0.2, -0.15) is 0 Å². The predicted molar refractivity (Wildman–Crippen MR) is 50.7 cm³/mol. The first-order valence-corrected chi connectivity index (χ1v) is 4.32. The number of Topliss-reactive ketones (excluding diaryl/α,β-unsaturated/α-hetero) is 1. The van der Waals surface area contributed by atoms with Crippen LogP contribution in [-0.2, 0) is 7.05 Å². The normalized spacial score (nSPS) is 10.8. The number of imidazole rings is 1. The number of rotatable bonds is 3. The molecule has 72 valence electrons. The summed E-state index contributed by atoms with van der Waals surface area (Å²) >= 11 is 0. The molecule has 0 fully saturated rings. The molecule has 1 heterocycles. The summed E-state index contributed by atoms with van der Waals surface area (Å²) in [7, 11) is 1.88. The quantitative estimate of drug-likeness (QED) is 0.698. The van der Waals surface area contributed by atoms with Gasteiger partial charge in [0.05, 0.1) is 18.6 Å². The Hall–Kier alpha value is -1.16. The van der Waals surface area contributed by atoms with Crippen molar-refractivity contribution in [2.24, 2.45) is 12.8 Å². The Morgan fingerprint density at radius 2 is 2.31 bits per heavy atom. The zero-order chi connectivity index (χ0) is 10.0. The van der Waals surface area contributed by atoms with Gasteiger partial charge in [-0.3, -0.25) is 4.79 Å². The van der Waals surface area contributed by atoms with E-state index in [-0.39, 0.29) is 18.2 Å². The fourth-order valence-corrected chi connectivity index (χ4v) is 1.43. The number of carbonyl (C=O) groups is 1. The molecule has 0 unspecified atom stereocenters. The minimum absolute atomic E-state index is 0.0245. The highest BCUT2D eigenvalue weighted by atomic mass is 16.1. The first-order chi connectivity index (χ1) is 6.07. The number of aromatic nitrogens is 2. The summed E-state index contributed by atoms with van der Waals surface area (Å²) in [5, 5.41) is 0. The zero-order valence-electron chi connectivity index (χ0n) is 8.24. The highest BCUT2D eigenvalue weighted by Gasteiger charge is 2.17. The second-order valence-electron chi connectivity index (χ2n) is 3.37. The summed E-state index contributed by atoms with van der Waals surface area (Å²) in [6.07, 6.45) is 1.65. The topological polar surface area (TPSA) is 60.9 Å². The van der Waals surface area contributed by atoms with E-state index in [0.29, 0.717) is 5.69 Å². The fourth-order valence-electron chi connectivity index (χ4n) is 1.43. The van der Waals surface area contributed by atoms with Gasteiger partial charge in [-0.1, -0.05) is 13.8 Å². The summed E-state index contributed by atoms with van der Waals surface area (Å²) in [5.74, 6) is 0.197. The van der Waals surface area contributed by atoms with E-state index in [2.05, 4.69) is 4.98 Å². The molecule has 0 aliphatic rings. The van der Waals surface area contributed by atoms with E-state index in [1.807, 2.05) is 25.5 Å². The zero-order valence-corrected chi connectivity index (χ0v) is 8.24. The first kappa shape index (κ1) is 9.92. The van der Waals surface area contributed by atoms with Crippen molar-refractivity contribution in [3.05, 3.63) is 17.7 Å². The van der Waals surface area contributed by atoms with Crippen molar-refractivity contribution in [2.45, 2.75) is 19.8 Å². The van der Waals surface area contributed by atoms with Crippen LogP contribution in [0.1, 0.15) is 35.9 Å². The third kappa shape index (κ3) is 1.78. The second kappa shape index (κ2) is 3.70. The number of ketones is 1. The van der Waals surface area contributed by atoms with Crippen molar-refractivity contribution in [1.29, 1.82) is 0 Å². The summed E-state index contributed by atoms with van der Waals surface area (Å²) in [4.78, 5) is 15.4. The van der Waals surface area contributed by atoms with Crippen LogP contribution in [0.4, 0.5) is 0 Å². The van der Waals surface area contributed by atoms with Crippen LogP contribution in [0.2, 0.25) is 0 Å². The highest BCUT2D eigenvalue weighted by Crippen LogP contribution is 2.17. The number of nitrogens with two attached hydrogens (primary N) is 1. The van der Waals surface area contributed by atoms with Gasteiger partial charge in [-0.05, 0) is 5.92 Å². The van der Waals surface area contributed by atoms with Gasteiger partial charge < -0.3 is 10.3 Å². The van der Waals surface area contributed by atoms with Crippen molar-refractivity contribution in [2.75, 3.05) is 6.54 Å². The Bertz CT molecular complexity index is 315. The molecule has 13 heavy (non-hydrogen) atoms. The Balaban J connectivity index is 3.15. The molecule has 0 amide bonds. The number of hydrogen-bond donors (Lipinski definition) is 1. The van der Waals surface area contributed by atoms with E-state index in [9.17, 15) is 4.79 Å². The number of aryl methyl sites for hydroxylation is 1. The molecule has 0 saturated heterocycles. The maximum atomic E-state index is 11.4. The summed E-state index contributed by atoms with van der Waals surface area (Å²) in [6, 6.07) is 0. The molecular formula is C9H15N3O. The van der Waals surface area contributed by atoms with Crippen LogP contribution in [0.3, 0.4) is 0 Å². The number of carbonyl (C=O) groups excluding carboxylic acids is 1. The van der Waals surface area contributed by atoms with Crippen LogP contribution in [0.25, 0.3) is 0 Å². The Morgan fingerprint density at radius 3 is 2.77 bits per heavy atom. The average molecular weight is 181 g/mol. The van der Waals surface area contributed by atoms with E-state index in [1.54, 1.807) is 6.33 Å².